The Balaban J connectivity index is 1.49. The number of amides is 2. The van der Waals surface area contributed by atoms with Crippen molar-refractivity contribution in [2.45, 2.75) is 32.5 Å². The lowest BCUT2D eigenvalue weighted by Crippen LogP contribution is -2.30. The standard InChI is InChI=1S/C24H24N2O3/c27-23-9-4-14-25(23)16-20-10-12-21(13-11-20)24(28)26(18-22-8-5-15-29-22)17-19-6-2-1-3-7-19/h1-3,5-8,10-13,15H,4,9,14,16-18H2. The van der Waals surface area contributed by atoms with Crippen molar-refractivity contribution in [3.63, 3.8) is 0 Å². The van der Waals surface area contributed by atoms with Crippen LogP contribution in [-0.4, -0.2) is 28.2 Å². The second kappa shape index (κ2) is 8.78. The van der Waals surface area contributed by atoms with E-state index in [1.807, 2.05) is 71.6 Å². The van der Waals surface area contributed by atoms with E-state index in [9.17, 15) is 9.59 Å². The van der Waals surface area contributed by atoms with Crippen LogP contribution in [0.4, 0.5) is 0 Å². The Hall–Kier alpha value is -3.34. The van der Waals surface area contributed by atoms with Crippen LogP contribution >= 0.6 is 0 Å². The largest absolute Gasteiger partial charge is 0.467 e. The molecule has 0 radical (unpaired) electrons. The predicted octanol–water partition coefficient (Wildman–Crippen LogP) is 4.24. The van der Waals surface area contributed by atoms with E-state index in [-0.39, 0.29) is 11.8 Å². The van der Waals surface area contributed by atoms with E-state index < -0.39 is 0 Å². The molecule has 1 saturated heterocycles. The summed E-state index contributed by atoms with van der Waals surface area (Å²) in [5, 5.41) is 0. The van der Waals surface area contributed by atoms with Crippen LogP contribution in [0.25, 0.3) is 0 Å². The van der Waals surface area contributed by atoms with Gasteiger partial charge in [-0.05, 0) is 41.8 Å². The number of hydrogen-bond donors (Lipinski definition) is 0. The first-order valence-corrected chi connectivity index (χ1v) is 9.91. The fraction of sp³-hybridized carbons (Fsp3) is 0.250. The molecule has 0 N–H and O–H groups in total. The van der Waals surface area contributed by atoms with Gasteiger partial charge in [0, 0.05) is 31.6 Å². The van der Waals surface area contributed by atoms with Crippen molar-refractivity contribution in [2.24, 2.45) is 0 Å². The normalized spacial score (nSPS) is 13.7. The molecule has 0 spiro atoms. The van der Waals surface area contributed by atoms with E-state index in [1.165, 1.54) is 0 Å². The number of benzene rings is 2. The van der Waals surface area contributed by atoms with Crippen LogP contribution in [0.15, 0.2) is 77.4 Å². The van der Waals surface area contributed by atoms with Gasteiger partial charge in [-0.25, -0.2) is 0 Å². The van der Waals surface area contributed by atoms with E-state index >= 15 is 0 Å². The maximum Gasteiger partial charge on any atom is 0.254 e. The molecule has 0 atom stereocenters. The molecule has 29 heavy (non-hydrogen) atoms. The van der Waals surface area contributed by atoms with Gasteiger partial charge < -0.3 is 14.2 Å². The number of carbonyl (C=O) groups is 2. The fourth-order valence-electron chi connectivity index (χ4n) is 3.62. The molecule has 2 heterocycles. The number of carbonyl (C=O) groups excluding carboxylic acids is 2. The van der Waals surface area contributed by atoms with Crippen molar-refractivity contribution in [2.75, 3.05) is 6.54 Å². The molecule has 1 aliphatic heterocycles. The topological polar surface area (TPSA) is 53.8 Å². The summed E-state index contributed by atoms with van der Waals surface area (Å²) >= 11 is 0. The molecule has 5 heteroatoms. The van der Waals surface area contributed by atoms with Crippen LogP contribution in [0.3, 0.4) is 0 Å². The summed E-state index contributed by atoms with van der Waals surface area (Å²) in [4.78, 5) is 28.7. The number of nitrogens with zero attached hydrogens (tertiary/aromatic N) is 2. The van der Waals surface area contributed by atoms with Crippen molar-refractivity contribution >= 4 is 11.8 Å². The van der Waals surface area contributed by atoms with Crippen LogP contribution in [0, 0.1) is 0 Å². The Morgan fingerprint density at radius 3 is 2.38 bits per heavy atom. The summed E-state index contributed by atoms with van der Waals surface area (Å²) in [6, 6.07) is 21.2. The zero-order chi connectivity index (χ0) is 20.1. The van der Waals surface area contributed by atoms with Gasteiger partial charge in [0.25, 0.3) is 5.91 Å². The van der Waals surface area contributed by atoms with Crippen LogP contribution < -0.4 is 0 Å². The molecule has 2 amide bonds. The molecule has 0 saturated carbocycles. The molecule has 148 valence electrons. The predicted molar refractivity (Wildman–Crippen MR) is 110 cm³/mol. The van der Waals surface area contributed by atoms with Gasteiger partial charge in [-0.1, -0.05) is 42.5 Å². The van der Waals surface area contributed by atoms with Crippen molar-refractivity contribution in [3.8, 4) is 0 Å². The maximum absolute atomic E-state index is 13.2. The Morgan fingerprint density at radius 1 is 0.931 bits per heavy atom. The van der Waals surface area contributed by atoms with Gasteiger partial charge in [0.15, 0.2) is 0 Å². The summed E-state index contributed by atoms with van der Waals surface area (Å²) < 4.78 is 5.46. The average molecular weight is 388 g/mol. The second-order valence-electron chi connectivity index (χ2n) is 7.34. The van der Waals surface area contributed by atoms with Crippen molar-refractivity contribution in [1.82, 2.24) is 9.80 Å². The first kappa shape index (κ1) is 19.0. The highest BCUT2D eigenvalue weighted by molar-refractivity contribution is 5.94. The number of rotatable bonds is 7. The summed E-state index contributed by atoms with van der Waals surface area (Å²) in [5.41, 5.74) is 2.73. The SMILES string of the molecule is O=C1CCCN1Cc1ccc(C(=O)N(Cc2ccccc2)Cc2ccco2)cc1. The highest BCUT2D eigenvalue weighted by atomic mass is 16.3. The highest BCUT2D eigenvalue weighted by Gasteiger charge is 2.21. The molecule has 2 aromatic carbocycles. The molecule has 5 nitrogen and oxygen atoms in total. The Labute approximate surface area is 170 Å². The third-order valence-corrected chi connectivity index (χ3v) is 5.18. The number of hydrogen-bond acceptors (Lipinski definition) is 3. The molecule has 0 unspecified atom stereocenters. The third kappa shape index (κ3) is 4.74. The summed E-state index contributed by atoms with van der Waals surface area (Å²) in [6.07, 6.45) is 3.18. The molecule has 0 aliphatic carbocycles. The number of likely N-dealkylation sites (tertiary alicyclic amines) is 1. The molecule has 1 aliphatic rings. The van der Waals surface area contributed by atoms with E-state index in [2.05, 4.69) is 0 Å². The van der Waals surface area contributed by atoms with Gasteiger partial charge in [-0.2, -0.15) is 0 Å². The summed E-state index contributed by atoms with van der Waals surface area (Å²) in [7, 11) is 0. The zero-order valence-corrected chi connectivity index (χ0v) is 16.3. The summed E-state index contributed by atoms with van der Waals surface area (Å²) in [6.45, 7) is 2.33. The van der Waals surface area contributed by atoms with Gasteiger partial charge >= 0.3 is 0 Å². The lowest BCUT2D eigenvalue weighted by atomic mass is 10.1. The Morgan fingerprint density at radius 2 is 1.72 bits per heavy atom. The molecule has 0 bridgehead atoms. The van der Waals surface area contributed by atoms with E-state index in [4.69, 9.17) is 4.42 Å². The number of furan rings is 1. The molecule has 1 fully saturated rings. The van der Waals surface area contributed by atoms with E-state index in [0.29, 0.717) is 31.6 Å². The van der Waals surface area contributed by atoms with Gasteiger partial charge in [-0.3, -0.25) is 9.59 Å². The molecular weight excluding hydrogens is 364 g/mol. The lowest BCUT2D eigenvalue weighted by molar-refractivity contribution is -0.128. The second-order valence-corrected chi connectivity index (χ2v) is 7.34. The van der Waals surface area contributed by atoms with Crippen LogP contribution in [0.2, 0.25) is 0 Å². The Kier molecular flexibility index (Phi) is 5.75. The molecule has 3 aromatic rings. The van der Waals surface area contributed by atoms with E-state index in [1.54, 1.807) is 11.2 Å². The van der Waals surface area contributed by atoms with Crippen molar-refractivity contribution < 1.29 is 14.0 Å². The van der Waals surface area contributed by atoms with Gasteiger partial charge in [-0.15, -0.1) is 0 Å². The Bertz CT molecular complexity index is 950. The van der Waals surface area contributed by atoms with Crippen LogP contribution in [0.1, 0.15) is 40.1 Å². The maximum atomic E-state index is 13.2. The monoisotopic (exact) mass is 388 g/mol. The minimum absolute atomic E-state index is 0.0472. The third-order valence-electron chi connectivity index (χ3n) is 5.18. The van der Waals surface area contributed by atoms with Crippen LogP contribution in [0.5, 0.6) is 0 Å². The highest BCUT2D eigenvalue weighted by Crippen LogP contribution is 2.18. The quantitative estimate of drug-likeness (QED) is 0.608. The molecule has 4 rings (SSSR count). The van der Waals surface area contributed by atoms with Crippen LogP contribution in [-0.2, 0) is 24.4 Å². The van der Waals surface area contributed by atoms with Gasteiger partial charge in [0.05, 0.1) is 12.8 Å². The minimum Gasteiger partial charge on any atom is -0.467 e. The molecule has 1 aromatic heterocycles. The minimum atomic E-state index is -0.0472. The smallest absolute Gasteiger partial charge is 0.254 e. The zero-order valence-electron chi connectivity index (χ0n) is 16.3. The summed E-state index contributed by atoms with van der Waals surface area (Å²) in [5.74, 6) is 0.908. The fourth-order valence-corrected chi connectivity index (χ4v) is 3.62. The van der Waals surface area contributed by atoms with Gasteiger partial charge in [0.2, 0.25) is 5.91 Å². The first-order valence-electron chi connectivity index (χ1n) is 9.91. The lowest BCUT2D eigenvalue weighted by Gasteiger charge is -2.22. The van der Waals surface area contributed by atoms with Crippen molar-refractivity contribution in [3.05, 3.63) is 95.4 Å². The van der Waals surface area contributed by atoms with Crippen molar-refractivity contribution in [1.29, 1.82) is 0 Å². The first-order chi connectivity index (χ1) is 14.2. The average Bonchev–Trinajstić information content (AvgIpc) is 3.40. The van der Waals surface area contributed by atoms with Gasteiger partial charge in [0.1, 0.15) is 5.76 Å². The van der Waals surface area contributed by atoms with E-state index in [0.717, 1.165) is 29.9 Å². The molecular formula is C24H24N2O3.